The van der Waals surface area contributed by atoms with Gasteiger partial charge in [-0.1, -0.05) is 12.1 Å². The number of guanidine groups is 1. The second kappa shape index (κ2) is 14.6. The number of hydrogen-bond acceptors (Lipinski definition) is 5. The number of halogens is 1. The Labute approximate surface area is 213 Å². The Morgan fingerprint density at radius 1 is 1.03 bits per heavy atom. The normalized spacial score (nSPS) is 11.2. The van der Waals surface area contributed by atoms with Crippen molar-refractivity contribution in [2.24, 2.45) is 4.99 Å². The van der Waals surface area contributed by atoms with Gasteiger partial charge in [0.1, 0.15) is 5.82 Å². The lowest BCUT2D eigenvalue weighted by Crippen LogP contribution is -2.38. The van der Waals surface area contributed by atoms with Gasteiger partial charge in [0.25, 0.3) is 0 Å². The minimum atomic E-state index is 0. The summed E-state index contributed by atoms with van der Waals surface area (Å²) in [6.07, 6.45) is 5.71. The van der Waals surface area contributed by atoms with Gasteiger partial charge in [0.05, 0.1) is 13.7 Å². The first-order chi connectivity index (χ1) is 15.7. The Morgan fingerprint density at radius 3 is 2.70 bits per heavy atom. The third-order valence-electron chi connectivity index (χ3n) is 5.02. The lowest BCUT2D eigenvalue weighted by atomic mass is 10.1. The van der Waals surface area contributed by atoms with Gasteiger partial charge in [-0.3, -0.25) is 9.39 Å². The average molecular weight is 566 g/mol. The molecule has 2 N–H and O–H groups in total. The van der Waals surface area contributed by atoms with Crippen LogP contribution in [0, 0.1) is 0 Å². The van der Waals surface area contributed by atoms with Crippen LogP contribution in [0.25, 0.3) is 5.65 Å². The molecular formula is C24H35IN6O2. The molecule has 0 atom stereocenters. The Balaban J connectivity index is 0.00000385. The quantitative estimate of drug-likeness (QED) is 0.150. The van der Waals surface area contributed by atoms with E-state index in [4.69, 9.17) is 14.5 Å². The minimum absolute atomic E-state index is 0. The molecule has 33 heavy (non-hydrogen) atoms. The molecule has 9 heteroatoms. The van der Waals surface area contributed by atoms with E-state index in [2.05, 4.69) is 39.9 Å². The van der Waals surface area contributed by atoms with Crippen LogP contribution in [-0.2, 0) is 12.8 Å². The second-order valence-electron chi connectivity index (χ2n) is 7.36. The highest BCUT2D eigenvalue weighted by molar-refractivity contribution is 14.0. The number of pyridine rings is 1. The van der Waals surface area contributed by atoms with Crippen LogP contribution in [0.1, 0.15) is 38.1 Å². The monoisotopic (exact) mass is 566 g/mol. The third-order valence-corrected chi connectivity index (χ3v) is 5.02. The van der Waals surface area contributed by atoms with Crippen LogP contribution >= 0.6 is 24.0 Å². The standard InChI is InChI=1S/C24H34N6O2.HI/c1-4-25-24(27-16-9-12-23-29-28-22-11-6-7-17-30(22)23)26-15-8-10-19-13-14-20(31-3)21(18-19)32-5-2;/h6-7,11,13-14,17-18H,4-5,8-10,12,15-16H2,1-3H3,(H2,25,26,27);1H. The number of aliphatic imine (C=N–C) groups is 1. The molecule has 2 aromatic heterocycles. The smallest absolute Gasteiger partial charge is 0.191 e. The SMILES string of the molecule is CCNC(=NCCCc1ccc(OC)c(OCC)c1)NCCCc1nnc2ccccn12.I. The van der Waals surface area contributed by atoms with Crippen LogP contribution < -0.4 is 20.1 Å². The highest BCUT2D eigenvalue weighted by Crippen LogP contribution is 2.28. The van der Waals surface area contributed by atoms with Gasteiger partial charge in [0, 0.05) is 32.3 Å². The predicted octanol–water partition coefficient (Wildman–Crippen LogP) is 3.88. The molecule has 3 aromatic rings. The number of rotatable bonds is 12. The van der Waals surface area contributed by atoms with Crippen LogP contribution in [0.3, 0.4) is 0 Å². The molecule has 0 amide bonds. The minimum Gasteiger partial charge on any atom is -0.493 e. The van der Waals surface area contributed by atoms with E-state index in [9.17, 15) is 0 Å². The molecule has 2 heterocycles. The Morgan fingerprint density at radius 2 is 1.91 bits per heavy atom. The van der Waals surface area contributed by atoms with Crippen LogP contribution in [0.4, 0.5) is 0 Å². The van der Waals surface area contributed by atoms with Crippen molar-refractivity contribution in [2.75, 3.05) is 33.4 Å². The molecule has 0 saturated heterocycles. The van der Waals surface area contributed by atoms with Crippen molar-refractivity contribution < 1.29 is 9.47 Å². The van der Waals surface area contributed by atoms with E-state index in [1.165, 1.54) is 5.56 Å². The molecule has 0 unspecified atom stereocenters. The topological polar surface area (TPSA) is 85.1 Å². The highest BCUT2D eigenvalue weighted by atomic mass is 127. The third kappa shape index (κ3) is 8.06. The zero-order chi connectivity index (χ0) is 22.6. The first kappa shape index (κ1) is 26.7. The number of ether oxygens (including phenoxy) is 2. The fourth-order valence-corrected chi connectivity index (χ4v) is 3.48. The molecule has 3 rings (SSSR count). The van der Waals surface area contributed by atoms with Crippen molar-refractivity contribution >= 4 is 35.6 Å². The fourth-order valence-electron chi connectivity index (χ4n) is 3.48. The first-order valence-corrected chi connectivity index (χ1v) is 11.4. The first-order valence-electron chi connectivity index (χ1n) is 11.4. The predicted molar refractivity (Wildman–Crippen MR) is 143 cm³/mol. The van der Waals surface area contributed by atoms with E-state index in [-0.39, 0.29) is 24.0 Å². The lowest BCUT2D eigenvalue weighted by Gasteiger charge is -2.12. The number of fused-ring (bicyclic) bond motifs is 1. The molecule has 8 nitrogen and oxygen atoms in total. The summed E-state index contributed by atoms with van der Waals surface area (Å²) in [4.78, 5) is 4.71. The van der Waals surface area contributed by atoms with E-state index in [0.717, 1.165) is 74.2 Å². The molecule has 0 saturated carbocycles. The molecule has 0 aliphatic heterocycles. The lowest BCUT2D eigenvalue weighted by molar-refractivity contribution is 0.310. The molecule has 180 valence electrons. The number of aryl methyl sites for hydroxylation is 2. The van der Waals surface area contributed by atoms with Gasteiger partial charge >= 0.3 is 0 Å². The van der Waals surface area contributed by atoms with Gasteiger partial charge in [0.2, 0.25) is 0 Å². The Bertz CT molecular complexity index is 1010. The maximum atomic E-state index is 5.67. The molecule has 0 radical (unpaired) electrons. The van der Waals surface area contributed by atoms with Crippen molar-refractivity contribution in [3.8, 4) is 11.5 Å². The number of methoxy groups -OCH3 is 1. The zero-order valence-electron chi connectivity index (χ0n) is 19.7. The molecule has 0 aliphatic carbocycles. The van der Waals surface area contributed by atoms with Crippen molar-refractivity contribution in [1.29, 1.82) is 0 Å². The summed E-state index contributed by atoms with van der Waals surface area (Å²) in [6, 6.07) is 12.0. The largest absolute Gasteiger partial charge is 0.493 e. The van der Waals surface area contributed by atoms with E-state index in [1.807, 2.05) is 41.8 Å². The number of hydrogen-bond donors (Lipinski definition) is 2. The van der Waals surface area contributed by atoms with Crippen molar-refractivity contribution in [2.45, 2.75) is 39.5 Å². The van der Waals surface area contributed by atoms with E-state index in [0.29, 0.717) is 6.61 Å². The summed E-state index contributed by atoms with van der Waals surface area (Å²) in [6.45, 7) is 7.08. The molecule has 0 bridgehead atoms. The van der Waals surface area contributed by atoms with Crippen LogP contribution in [0.2, 0.25) is 0 Å². The summed E-state index contributed by atoms with van der Waals surface area (Å²) in [5.41, 5.74) is 2.11. The molecule has 0 spiro atoms. The van der Waals surface area contributed by atoms with Crippen molar-refractivity contribution in [1.82, 2.24) is 25.2 Å². The van der Waals surface area contributed by atoms with Gasteiger partial charge in [-0.15, -0.1) is 34.2 Å². The van der Waals surface area contributed by atoms with Crippen LogP contribution in [0.15, 0.2) is 47.6 Å². The summed E-state index contributed by atoms with van der Waals surface area (Å²) in [7, 11) is 1.66. The van der Waals surface area contributed by atoms with E-state index >= 15 is 0 Å². The number of aromatic nitrogens is 3. The van der Waals surface area contributed by atoms with Gasteiger partial charge in [-0.25, -0.2) is 0 Å². The zero-order valence-corrected chi connectivity index (χ0v) is 22.0. The van der Waals surface area contributed by atoms with E-state index < -0.39 is 0 Å². The van der Waals surface area contributed by atoms with Crippen molar-refractivity contribution in [3.63, 3.8) is 0 Å². The maximum absolute atomic E-state index is 5.67. The molecule has 0 fully saturated rings. The summed E-state index contributed by atoms with van der Waals surface area (Å²) >= 11 is 0. The highest BCUT2D eigenvalue weighted by Gasteiger charge is 2.06. The number of nitrogens with one attached hydrogen (secondary N) is 2. The molecular weight excluding hydrogens is 531 g/mol. The van der Waals surface area contributed by atoms with Gasteiger partial charge in [-0.2, -0.15) is 0 Å². The van der Waals surface area contributed by atoms with Crippen LogP contribution in [-0.4, -0.2) is 53.9 Å². The number of nitrogens with zero attached hydrogens (tertiary/aromatic N) is 4. The molecule has 0 aliphatic rings. The Hall–Kier alpha value is -2.56. The van der Waals surface area contributed by atoms with Crippen LogP contribution in [0.5, 0.6) is 11.5 Å². The maximum Gasteiger partial charge on any atom is 0.191 e. The molecule has 1 aromatic carbocycles. The van der Waals surface area contributed by atoms with Gasteiger partial charge in [-0.05, 0) is 62.9 Å². The number of benzene rings is 1. The van der Waals surface area contributed by atoms with Gasteiger partial charge in [0.15, 0.2) is 23.1 Å². The summed E-state index contributed by atoms with van der Waals surface area (Å²) in [5.74, 6) is 3.40. The fraction of sp³-hybridized carbons (Fsp3) is 0.458. The van der Waals surface area contributed by atoms with E-state index in [1.54, 1.807) is 7.11 Å². The van der Waals surface area contributed by atoms with Crippen molar-refractivity contribution in [3.05, 3.63) is 54.0 Å². The average Bonchev–Trinajstić information content (AvgIpc) is 3.23. The second-order valence-corrected chi connectivity index (χ2v) is 7.36. The Kier molecular flexibility index (Phi) is 11.8. The summed E-state index contributed by atoms with van der Waals surface area (Å²) < 4.78 is 13.1. The summed E-state index contributed by atoms with van der Waals surface area (Å²) in [5, 5.41) is 15.2. The van der Waals surface area contributed by atoms with Gasteiger partial charge < -0.3 is 20.1 Å².